The van der Waals surface area contributed by atoms with Crippen LogP contribution in [0.1, 0.15) is 40.3 Å². The second-order valence-electron chi connectivity index (χ2n) is 6.94. The molecule has 1 aromatic heterocycles. The molecule has 4 rings (SSSR count). The molecule has 3 aromatic rings. The molecule has 0 aliphatic heterocycles. The first-order valence-corrected chi connectivity index (χ1v) is 10.2. The summed E-state index contributed by atoms with van der Waals surface area (Å²) in [6.07, 6.45) is 2.31. The van der Waals surface area contributed by atoms with E-state index in [1.165, 1.54) is 12.1 Å². The Morgan fingerprint density at radius 3 is 2.67 bits per heavy atom. The van der Waals surface area contributed by atoms with Crippen molar-refractivity contribution in [2.75, 3.05) is 10.7 Å². The molecule has 0 fully saturated rings. The van der Waals surface area contributed by atoms with Gasteiger partial charge in [0.05, 0.1) is 27.1 Å². The van der Waals surface area contributed by atoms with Crippen molar-refractivity contribution in [2.45, 2.75) is 26.2 Å². The van der Waals surface area contributed by atoms with Gasteiger partial charge in [-0.15, -0.1) is 0 Å². The van der Waals surface area contributed by atoms with E-state index in [9.17, 15) is 9.18 Å². The molecule has 8 heteroatoms. The van der Waals surface area contributed by atoms with E-state index < -0.39 is 5.91 Å². The zero-order valence-electron chi connectivity index (χ0n) is 16.1. The number of halogens is 3. The minimum Gasteiger partial charge on any atom is -0.455 e. The first kappa shape index (κ1) is 20.4. The van der Waals surface area contributed by atoms with Gasteiger partial charge in [0.15, 0.2) is 5.76 Å². The molecule has 0 unspecified atom stereocenters. The monoisotopic (exact) mass is 445 g/mol. The van der Waals surface area contributed by atoms with Gasteiger partial charge >= 0.3 is 0 Å². The Morgan fingerprint density at radius 1 is 1.13 bits per heavy atom. The van der Waals surface area contributed by atoms with Crippen LogP contribution in [0.15, 0.2) is 52.0 Å². The lowest BCUT2D eigenvalue weighted by molar-refractivity contribution is 0.0994. The van der Waals surface area contributed by atoms with Crippen LogP contribution in [0.5, 0.6) is 0 Å². The topological polar surface area (TPSA) is 66.6 Å². The molecule has 30 heavy (non-hydrogen) atoms. The van der Waals surface area contributed by atoms with Crippen molar-refractivity contribution >= 4 is 46.2 Å². The van der Waals surface area contributed by atoms with Crippen molar-refractivity contribution in [1.82, 2.24) is 0 Å². The first-order valence-electron chi connectivity index (χ1n) is 9.40. The number of carbonyl (C=O) groups excluding carboxylic acids is 1. The number of furan rings is 1. The minimum atomic E-state index is -0.406. The smallest absolute Gasteiger partial charge is 0.291 e. The summed E-state index contributed by atoms with van der Waals surface area (Å²) in [7, 11) is 0. The van der Waals surface area contributed by atoms with Crippen LogP contribution in [0.4, 0.5) is 15.8 Å². The standard InChI is InChI=1S/C22H18Cl2FN3O2/c1-12-19-16(28-27-14-10-8-13(25)9-11-14)5-3-7-18(19)30-21(12)22(29)26-17-6-2-4-15(23)20(17)24/h2,4,6,8-11,27H,3,5,7H2,1H3,(H,26,29)/b28-16+. The maximum absolute atomic E-state index is 13.1. The lowest BCUT2D eigenvalue weighted by Gasteiger charge is -2.13. The summed E-state index contributed by atoms with van der Waals surface area (Å²) in [6, 6.07) is 11.0. The van der Waals surface area contributed by atoms with E-state index in [4.69, 9.17) is 27.6 Å². The van der Waals surface area contributed by atoms with E-state index in [2.05, 4.69) is 15.8 Å². The molecule has 2 N–H and O–H groups in total. The van der Waals surface area contributed by atoms with Gasteiger partial charge in [-0.25, -0.2) is 4.39 Å². The molecule has 5 nitrogen and oxygen atoms in total. The van der Waals surface area contributed by atoms with Gasteiger partial charge in [-0.3, -0.25) is 10.2 Å². The molecule has 0 bridgehead atoms. The van der Waals surface area contributed by atoms with Gasteiger partial charge in [0.2, 0.25) is 0 Å². The summed E-state index contributed by atoms with van der Waals surface area (Å²) in [5, 5.41) is 7.86. The van der Waals surface area contributed by atoms with Crippen molar-refractivity contribution in [3.63, 3.8) is 0 Å². The molecule has 0 radical (unpaired) electrons. The average Bonchev–Trinajstić information content (AvgIpc) is 3.08. The summed E-state index contributed by atoms with van der Waals surface area (Å²) < 4.78 is 19.0. The van der Waals surface area contributed by atoms with Crippen molar-refractivity contribution in [2.24, 2.45) is 5.10 Å². The van der Waals surface area contributed by atoms with Crippen LogP contribution in [-0.2, 0) is 6.42 Å². The zero-order valence-corrected chi connectivity index (χ0v) is 17.6. The van der Waals surface area contributed by atoms with Gasteiger partial charge in [-0.1, -0.05) is 29.3 Å². The highest BCUT2D eigenvalue weighted by molar-refractivity contribution is 6.44. The van der Waals surface area contributed by atoms with Crippen molar-refractivity contribution < 1.29 is 13.6 Å². The molecule has 0 spiro atoms. The summed E-state index contributed by atoms with van der Waals surface area (Å²) in [5.41, 5.74) is 6.37. The Balaban J connectivity index is 1.60. The average molecular weight is 446 g/mol. The van der Waals surface area contributed by atoms with Crippen molar-refractivity contribution in [3.05, 3.63) is 81.0 Å². The van der Waals surface area contributed by atoms with E-state index in [0.717, 1.165) is 36.3 Å². The third-order valence-electron chi connectivity index (χ3n) is 4.90. The molecule has 154 valence electrons. The molecule has 0 saturated heterocycles. The van der Waals surface area contributed by atoms with E-state index >= 15 is 0 Å². The first-order chi connectivity index (χ1) is 14.4. The Hall–Kier alpha value is -2.83. The molecule has 1 aliphatic rings. The third-order valence-corrected chi connectivity index (χ3v) is 5.71. The Kier molecular flexibility index (Phi) is 5.79. The van der Waals surface area contributed by atoms with E-state index in [1.54, 1.807) is 30.3 Å². The number of hydrazone groups is 1. The fourth-order valence-electron chi connectivity index (χ4n) is 3.43. The van der Waals surface area contributed by atoms with Crippen LogP contribution >= 0.6 is 23.2 Å². The number of rotatable bonds is 4. The largest absolute Gasteiger partial charge is 0.455 e. The Labute approximate surface area is 182 Å². The number of hydrogen-bond acceptors (Lipinski definition) is 4. The number of benzene rings is 2. The number of carbonyl (C=O) groups is 1. The summed E-state index contributed by atoms with van der Waals surface area (Å²) >= 11 is 12.2. The number of fused-ring (bicyclic) bond motifs is 1. The van der Waals surface area contributed by atoms with Crippen LogP contribution in [0.3, 0.4) is 0 Å². The zero-order chi connectivity index (χ0) is 21.3. The molecule has 2 aromatic carbocycles. The lowest BCUT2D eigenvalue weighted by Crippen LogP contribution is -2.14. The second kappa shape index (κ2) is 8.50. The maximum atomic E-state index is 13.1. The van der Waals surface area contributed by atoms with Gasteiger partial charge in [0.25, 0.3) is 5.91 Å². The minimum absolute atomic E-state index is 0.215. The van der Waals surface area contributed by atoms with Gasteiger partial charge in [-0.2, -0.15) is 5.10 Å². The van der Waals surface area contributed by atoms with Crippen LogP contribution in [0.25, 0.3) is 0 Å². The highest BCUT2D eigenvalue weighted by Crippen LogP contribution is 2.33. The SMILES string of the molecule is Cc1c(C(=O)Nc2cccc(Cl)c2Cl)oc2c1/C(=N/Nc1ccc(F)cc1)CCC2. The van der Waals surface area contributed by atoms with Crippen molar-refractivity contribution in [3.8, 4) is 0 Å². The number of hydrogen-bond donors (Lipinski definition) is 2. The molecule has 0 saturated carbocycles. The molecular formula is C22H18Cl2FN3O2. The number of amides is 1. The maximum Gasteiger partial charge on any atom is 0.291 e. The summed E-state index contributed by atoms with van der Waals surface area (Å²) in [6.45, 7) is 1.83. The number of nitrogens with zero attached hydrogens (tertiary/aromatic N) is 1. The summed E-state index contributed by atoms with van der Waals surface area (Å²) in [4.78, 5) is 12.8. The molecular weight excluding hydrogens is 428 g/mol. The highest BCUT2D eigenvalue weighted by Gasteiger charge is 2.28. The molecule has 1 aliphatic carbocycles. The Bertz CT molecular complexity index is 1140. The van der Waals surface area contributed by atoms with Crippen LogP contribution in [0, 0.1) is 12.7 Å². The second-order valence-corrected chi connectivity index (χ2v) is 7.73. The van der Waals surface area contributed by atoms with Crippen LogP contribution in [-0.4, -0.2) is 11.6 Å². The third kappa shape index (κ3) is 4.06. The fourth-order valence-corrected chi connectivity index (χ4v) is 3.78. The summed E-state index contributed by atoms with van der Waals surface area (Å²) in [5.74, 6) is 0.222. The number of nitrogens with one attached hydrogen (secondary N) is 2. The number of aryl methyl sites for hydroxylation is 1. The van der Waals surface area contributed by atoms with Gasteiger partial charge in [-0.05, 0) is 56.2 Å². The predicted octanol–water partition coefficient (Wildman–Crippen LogP) is 6.44. The lowest BCUT2D eigenvalue weighted by atomic mass is 9.93. The van der Waals surface area contributed by atoms with Crippen LogP contribution in [0.2, 0.25) is 10.0 Å². The van der Waals surface area contributed by atoms with Crippen molar-refractivity contribution in [1.29, 1.82) is 0 Å². The number of anilines is 2. The Morgan fingerprint density at radius 2 is 1.90 bits per heavy atom. The van der Waals surface area contributed by atoms with E-state index in [-0.39, 0.29) is 16.6 Å². The fraction of sp³-hybridized carbons (Fsp3) is 0.182. The normalized spacial score (nSPS) is 14.5. The molecule has 0 atom stereocenters. The van der Waals surface area contributed by atoms with Crippen LogP contribution < -0.4 is 10.7 Å². The predicted molar refractivity (Wildman–Crippen MR) is 117 cm³/mol. The highest BCUT2D eigenvalue weighted by atomic mass is 35.5. The van der Waals surface area contributed by atoms with E-state index in [1.807, 2.05) is 6.92 Å². The molecule has 1 amide bonds. The molecule has 1 heterocycles. The van der Waals surface area contributed by atoms with Gasteiger partial charge in [0, 0.05) is 17.5 Å². The van der Waals surface area contributed by atoms with Gasteiger partial charge < -0.3 is 9.73 Å². The van der Waals surface area contributed by atoms with Gasteiger partial charge in [0.1, 0.15) is 11.6 Å². The quantitative estimate of drug-likeness (QED) is 0.454. The van der Waals surface area contributed by atoms with E-state index in [0.29, 0.717) is 22.0 Å².